The highest BCUT2D eigenvalue weighted by Gasteiger charge is 2.17. The molecule has 1 heterocycles. The number of nitrogens with zero attached hydrogens (tertiary/aromatic N) is 2. The highest BCUT2D eigenvalue weighted by Crippen LogP contribution is 2.27. The van der Waals surface area contributed by atoms with Gasteiger partial charge in [-0.15, -0.1) is 0 Å². The molecule has 0 aliphatic heterocycles. The molecule has 1 aromatic heterocycles. The van der Waals surface area contributed by atoms with E-state index in [9.17, 15) is 5.11 Å². The molecule has 1 N–H and O–H groups in total. The lowest BCUT2D eigenvalue weighted by atomic mass is 9.96. The zero-order chi connectivity index (χ0) is 12.3. The molecule has 1 aliphatic rings. The maximum atomic E-state index is 9.85. The Labute approximate surface area is 104 Å². The van der Waals surface area contributed by atoms with Gasteiger partial charge in [0.15, 0.2) is 0 Å². The van der Waals surface area contributed by atoms with Crippen LogP contribution in [0, 0.1) is 5.92 Å². The maximum absolute atomic E-state index is 9.85. The highest BCUT2D eigenvalue weighted by molar-refractivity contribution is 5.02. The van der Waals surface area contributed by atoms with Gasteiger partial charge in [-0.3, -0.25) is 4.68 Å². The number of hydrogen-bond donors (Lipinski definition) is 1. The van der Waals surface area contributed by atoms with Crippen LogP contribution in [-0.2, 0) is 6.42 Å². The molecule has 1 aliphatic carbocycles. The molecule has 2 rings (SSSR count). The van der Waals surface area contributed by atoms with Crippen LogP contribution in [0.25, 0.3) is 0 Å². The summed E-state index contributed by atoms with van der Waals surface area (Å²) in [7, 11) is 0. The van der Waals surface area contributed by atoms with Crippen LogP contribution in [0.5, 0.6) is 0 Å². The largest absolute Gasteiger partial charge is 0.392 e. The topological polar surface area (TPSA) is 38.0 Å². The lowest BCUT2D eigenvalue weighted by Gasteiger charge is -2.21. The first-order valence-corrected chi connectivity index (χ1v) is 6.89. The molecule has 0 spiro atoms. The Morgan fingerprint density at radius 2 is 2.06 bits per heavy atom. The van der Waals surface area contributed by atoms with E-state index >= 15 is 0 Å². The first kappa shape index (κ1) is 12.6. The fraction of sp³-hybridized carbons (Fsp3) is 0.786. The molecule has 0 saturated heterocycles. The van der Waals surface area contributed by atoms with Gasteiger partial charge in [0.1, 0.15) is 0 Å². The number of aliphatic hydroxyl groups excluding tert-OH is 1. The van der Waals surface area contributed by atoms with E-state index in [2.05, 4.69) is 22.0 Å². The molecule has 96 valence electrons. The van der Waals surface area contributed by atoms with Crippen LogP contribution in [0.1, 0.15) is 57.7 Å². The molecular weight excluding hydrogens is 212 g/mol. The second-order valence-electron chi connectivity index (χ2n) is 5.59. The van der Waals surface area contributed by atoms with Gasteiger partial charge in [0.05, 0.1) is 17.8 Å². The summed E-state index contributed by atoms with van der Waals surface area (Å²) in [6.45, 7) is 4.09. The quantitative estimate of drug-likeness (QED) is 0.872. The third-order valence-electron chi connectivity index (χ3n) is 3.80. The van der Waals surface area contributed by atoms with E-state index in [4.69, 9.17) is 0 Å². The Morgan fingerprint density at radius 1 is 1.35 bits per heavy atom. The molecule has 3 heteroatoms. The normalized spacial score (nSPS) is 19.8. The fourth-order valence-corrected chi connectivity index (χ4v) is 2.49. The third-order valence-corrected chi connectivity index (χ3v) is 3.80. The van der Waals surface area contributed by atoms with Crippen LogP contribution in [0.3, 0.4) is 0 Å². The lowest BCUT2D eigenvalue weighted by molar-refractivity contribution is 0.124. The number of hydrogen-bond acceptors (Lipinski definition) is 2. The SMILES string of the molecule is CC(C)C(O)Cc1ccn(C2CCCCC2)n1. The molecule has 0 radical (unpaired) electrons. The summed E-state index contributed by atoms with van der Waals surface area (Å²) in [6, 6.07) is 2.65. The van der Waals surface area contributed by atoms with Crippen molar-refractivity contribution in [3.63, 3.8) is 0 Å². The minimum atomic E-state index is -0.273. The second kappa shape index (κ2) is 5.67. The van der Waals surface area contributed by atoms with Crippen LogP contribution in [0.15, 0.2) is 12.3 Å². The van der Waals surface area contributed by atoms with E-state index in [0.29, 0.717) is 18.4 Å². The molecule has 0 aromatic carbocycles. The van der Waals surface area contributed by atoms with E-state index in [-0.39, 0.29) is 6.10 Å². The van der Waals surface area contributed by atoms with E-state index in [0.717, 1.165) is 5.69 Å². The van der Waals surface area contributed by atoms with Gasteiger partial charge in [-0.1, -0.05) is 33.1 Å². The molecule has 1 aromatic rings. The first-order chi connectivity index (χ1) is 8.16. The van der Waals surface area contributed by atoms with Crippen molar-refractivity contribution in [2.75, 3.05) is 0 Å². The van der Waals surface area contributed by atoms with E-state index < -0.39 is 0 Å². The van der Waals surface area contributed by atoms with Crippen LogP contribution in [-0.4, -0.2) is 21.0 Å². The van der Waals surface area contributed by atoms with Crippen LogP contribution in [0.2, 0.25) is 0 Å². The summed E-state index contributed by atoms with van der Waals surface area (Å²) in [5.41, 5.74) is 1.02. The van der Waals surface area contributed by atoms with E-state index in [1.165, 1.54) is 32.1 Å². The van der Waals surface area contributed by atoms with Crippen molar-refractivity contribution in [3.05, 3.63) is 18.0 Å². The summed E-state index contributed by atoms with van der Waals surface area (Å²) in [6.07, 6.45) is 9.03. The summed E-state index contributed by atoms with van der Waals surface area (Å²) in [4.78, 5) is 0. The van der Waals surface area contributed by atoms with Crippen molar-refractivity contribution in [3.8, 4) is 0 Å². The van der Waals surface area contributed by atoms with Gasteiger partial charge in [0.25, 0.3) is 0 Å². The van der Waals surface area contributed by atoms with Crippen molar-refractivity contribution < 1.29 is 5.11 Å². The summed E-state index contributed by atoms with van der Waals surface area (Å²) in [5.74, 6) is 0.301. The lowest BCUT2D eigenvalue weighted by Crippen LogP contribution is -2.18. The Balaban J connectivity index is 1.95. The third kappa shape index (κ3) is 3.32. The van der Waals surface area contributed by atoms with Gasteiger partial charge < -0.3 is 5.11 Å². The molecule has 3 nitrogen and oxygen atoms in total. The molecule has 17 heavy (non-hydrogen) atoms. The summed E-state index contributed by atoms with van der Waals surface area (Å²) >= 11 is 0. The highest BCUT2D eigenvalue weighted by atomic mass is 16.3. The van der Waals surface area contributed by atoms with Crippen molar-refractivity contribution in [2.45, 2.75) is 64.5 Å². The predicted octanol–water partition coefficient (Wildman–Crippen LogP) is 2.95. The van der Waals surface area contributed by atoms with Crippen molar-refractivity contribution in [1.82, 2.24) is 9.78 Å². The smallest absolute Gasteiger partial charge is 0.0650 e. The molecule has 0 bridgehead atoms. The molecule has 1 unspecified atom stereocenters. The van der Waals surface area contributed by atoms with Crippen molar-refractivity contribution in [2.24, 2.45) is 5.92 Å². The first-order valence-electron chi connectivity index (χ1n) is 6.89. The standard InChI is InChI=1S/C14H24N2O/c1-11(2)14(17)10-12-8-9-16(15-12)13-6-4-3-5-7-13/h8-9,11,13-14,17H,3-7,10H2,1-2H3. The molecule has 0 amide bonds. The molecule has 1 saturated carbocycles. The average molecular weight is 236 g/mol. The zero-order valence-electron chi connectivity index (χ0n) is 11.0. The van der Waals surface area contributed by atoms with Crippen LogP contribution < -0.4 is 0 Å². The number of aliphatic hydroxyl groups is 1. The fourth-order valence-electron chi connectivity index (χ4n) is 2.49. The average Bonchev–Trinajstić information content (AvgIpc) is 2.78. The van der Waals surface area contributed by atoms with Gasteiger partial charge in [-0.2, -0.15) is 5.10 Å². The summed E-state index contributed by atoms with van der Waals surface area (Å²) < 4.78 is 2.11. The Hall–Kier alpha value is -0.830. The van der Waals surface area contributed by atoms with Crippen molar-refractivity contribution in [1.29, 1.82) is 0 Å². The van der Waals surface area contributed by atoms with Gasteiger partial charge in [-0.05, 0) is 24.8 Å². The maximum Gasteiger partial charge on any atom is 0.0650 e. The van der Waals surface area contributed by atoms with Crippen molar-refractivity contribution >= 4 is 0 Å². The predicted molar refractivity (Wildman–Crippen MR) is 68.9 cm³/mol. The van der Waals surface area contributed by atoms with E-state index in [1.54, 1.807) is 0 Å². The van der Waals surface area contributed by atoms with Crippen LogP contribution >= 0.6 is 0 Å². The van der Waals surface area contributed by atoms with Gasteiger partial charge in [-0.25, -0.2) is 0 Å². The van der Waals surface area contributed by atoms with Gasteiger partial charge in [0.2, 0.25) is 0 Å². The number of rotatable bonds is 4. The minimum absolute atomic E-state index is 0.273. The monoisotopic (exact) mass is 236 g/mol. The van der Waals surface area contributed by atoms with Crippen LogP contribution in [0.4, 0.5) is 0 Å². The Bertz CT molecular complexity index is 340. The molecular formula is C14H24N2O. The van der Waals surface area contributed by atoms with E-state index in [1.807, 2.05) is 13.8 Å². The minimum Gasteiger partial charge on any atom is -0.392 e. The van der Waals surface area contributed by atoms with Gasteiger partial charge >= 0.3 is 0 Å². The molecule has 1 fully saturated rings. The number of aromatic nitrogens is 2. The Morgan fingerprint density at radius 3 is 2.71 bits per heavy atom. The Kier molecular flexibility index (Phi) is 4.21. The zero-order valence-corrected chi connectivity index (χ0v) is 11.0. The second-order valence-corrected chi connectivity index (χ2v) is 5.59. The van der Waals surface area contributed by atoms with Gasteiger partial charge in [0, 0.05) is 12.6 Å². The summed E-state index contributed by atoms with van der Waals surface area (Å²) in [5, 5.41) is 14.5. The molecule has 1 atom stereocenters.